The molecule has 5 aromatic rings. The first-order valence-corrected chi connectivity index (χ1v) is 41.5. The Hall–Kier alpha value is -14.4. The second-order valence-corrected chi connectivity index (χ2v) is 30.1. The van der Waals surface area contributed by atoms with Gasteiger partial charge in [0.1, 0.15) is 30.2 Å². The summed E-state index contributed by atoms with van der Waals surface area (Å²) in [6, 6.07) is -1.83. The van der Waals surface area contributed by atoms with Gasteiger partial charge < -0.3 is 162 Å². The van der Waals surface area contributed by atoms with Crippen molar-refractivity contribution in [3.63, 3.8) is 0 Å². The Morgan fingerprint density at radius 3 is 0.969 bits per heavy atom. The lowest BCUT2D eigenvalue weighted by atomic mass is 10.1. The number of aromatic nitrogens is 8. The van der Waals surface area contributed by atoms with Crippen LogP contribution in [-0.4, -0.2) is 225 Å². The van der Waals surface area contributed by atoms with Crippen LogP contribution in [0.3, 0.4) is 0 Å². The highest BCUT2D eigenvalue weighted by atomic mass is 16.5. The van der Waals surface area contributed by atoms with Gasteiger partial charge >= 0.3 is 36.1 Å². The number of ketones is 3. The Kier molecular flexibility index (Phi) is 47.0. The molecule has 4 aromatic heterocycles. The second-order valence-electron chi connectivity index (χ2n) is 30.1. The number of primary amides is 4. The van der Waals surface area contributed by atoms with Gasteiger partial charge in [-0.3, -0.25) is 58.3 Å². The smallest absolute Gasteiger partial charge is 0.326 e. The van der Waals surface area contributed by atoms with E-state index in [2.05, 4.69) is 92.4 Å². The third kappa shape index (κ3) is 41.4. The van der Waals surface area contributed by atoms with Crippen molar-refractivity contribution in [2.45, 2.75) is 241 Å². The number of nitrogens with one attached hydrogen (secondary N) is 6. The normalized spacial score (nSPS) is 15.4. The highest BCUT2D eigenvalue weighted by Crippen LogP contribution is 2.28. The largest absolute Gasteiger partial charge is 0.481 e. The maximum Gasteiger partial charge on any atom is 0.326 e. The number of hydrogen-bond acceptors (Lipinski definition) is 33. The van der Waals surface area contributed by atoms with Gasteiger partial charge in [-0.1, -0.05) is 51.0 Å². The van der Waals surface area contributed by atoms with Crippen molar-refractivity contribution >= 4 is 101 Å². The molecule has 0 aliphatic carbocycles. The highest BCUT2D eigenvalue weighted by molar-refractivity contribution is 5.90. The summed E-state index contributed by atoms with van der Waals surface area (Å²) in [7, 11) is 0. The zero-order valence-corrected chi connectivity index (χ0v) is 72.7. The number of urea groups is 4. The minimum Gasteiger partial charge on any atom is -0.481 e. The number of rotatable bonds is 51. The van der Waals surface area contributed by atoms with Crippen molar-refractivity contribution in [2.24, 2.45) is 112 Å². The minimum absolute atomic E-state index is 0.0255. The molecule has 12 atom stereocenters. The van der Waals surface area contributed by atoms with Crippen LogP contribution in [0.4, 0.5) is 19.2 Å². The third-order valence-electron chi connectivity index (χ3n) is 19.4. The highest BCUT2D eigenvalue weighted by Gasteiger charge is 2.37. The minimum atomic E-state index is -1.19. The van der Waals surface area contributed by atoms with Crippen molar-refractivity contribution in [3.05, 3.63) is 82.8 Å². The van der Waals surface area contributed by atoms with E-state index in [-0.39, 0.29) is 178 Å². The average Bonchev–Trinajstić information content (AvgIpc) is 1.69. The predicted octanol–water partition coefficient (Wildman–Crippen LogP) is -3.64. The topological polar surface area (TPSA) is 962 Å². The Morgan fingerprint density at radius 1 is 0.400 bits per heavy atom. The zero-order valence-electron chi connectivity index (χ0n) is 72.7. The van der Waals surface area contributed by atoms with Gasteiger partial charge in [-0.25, -0.2) is 24.0 Å². The van der Waals surface area contributed by atoms with E-state index in [1.54, 1.807) is 24.3 Å². The lowest BCUT2D eigenvalue weighted by Gasteiger charge is -2.25. The molecule has 130 heavy (non-hydrogen) atoms. The number of hydrogen-bond donors (Lipinski definition) is 24. The summed E-state index contributed by atoms with van der Waals surface area (Å²) in [5.74, 6) is -3.84. The molecule has 2 unspecified atom stereocenters. The van der Waals surface area contributed by atoms with Crippen molar-refractivity contribution < 1.29 is 90.6 Å². The first-order valence-electron chi connectivity index (χ1n) is 41.5. The fourth-order valence-corrected chi connectivity index (χ4v) is 12.6. The number of nitrogens with two attached hydrogens (primary N) is 16. The molecule has 12 amide bonds. The molecule has 1 aromatic carbocycles. The van der Waals surface area contributed by atoms with Crippen LogP contribution in [0.15, 0.2) is 68.4 Å². The molecule has 6 heterocycles. The van der Waals surface area contributed by atoms with E-state index in [0.717, 1.165) is 18.4 Å². The molecular formula is C75H124N36O19. The number of amides is 12. The van der Waals surface area contributed by atoms with Crippen LogP contribution in [0, 0.1) is 0 Å². The van der Waals surface area contributed by atoms with Crippen LogP contribution in [0.5, 0.6) is 0 Å². The molecular weight excluding hydrogens is 1710 g/mol. The number of likely N-dealkylation sites (tertiary alicyclic amines) is 2. The fraction of sp³-hybridized carbons (Fsp3) is 0.587. The third-order valence-corrected chi connectivity index (χ3v) is 19.4. The molecule has 2 saturated heterocycles. The molecule has 2 aliphatic heterocycles. The van der Waals surface area contributed by atoms with Gasteiger partial charge in [0.2, 0.25) is 47.2 Å². The molecule has 7 rings (SSSR count). The Labute approximate surface area is 745 Å². The fourth-order valence-electron chi connectivity index (χ4n) is 12.6. The summed E-state index contributed by atoms with van der Waals surface area (Å²) in [6.07, 6.45) is 7.13. The van der Waals surface area contributed by atoms with Gasteiger partial charge in [-0.05, 0) is 135 Å². The van der Waals surface area contributed by atoms with Crippen LogP contribution in [0.25, 0.3) is 0 Å². The van der Waals surface area contributed by atoms with Crippen LogP contribution < -0.4 is 124 Å². The number of aliphatic imine (C=N–C) groups is 4. The first-order chi connectivity index (χ1) is 61.5. The van der Waals surface area contributed by atoms with Crippen LogP contribution >= 0.6 is 0 Å². The van der Waals surface area contributed by atoms with Crippen molar-refractivity contribution in [3.8, 4) is 0 Å². The molecule has 0 spiro atoms. The number of aliphatic carboxylic acids is 2. The monoisotopic (exact) mass is 1830 g/mol. The van der Waals surface area contributed by atoms with E-state index in [1.807, 2.05) is 6.07 Å². The summed E-state index contributed by atoms with van der Waals surface area (Å²) in [5, 5.41) is 49.7. The van der Waals surface area contributed by atoms with Crippen molar-refractivity contribution in [1.82, 2.24) is 82.3 Å². The van der Waals surface area contributed by atoms with E-state index in [0.29, 0.717) is 90.4 Å². The summed E-state index contributed by atoms with van der Waals surface area (Å²) in [6.45, 7) is 6.46. The second kappa shape index (κ2) is 56.6. The molecule has 2 fully saturated rings. The molecule has 2 aliphatic rings. The quantitative estimate of drug-likeness (QED) is 0.0101. The summed E-state index contributed by atoms with van der Waals surface area (Å²) in [5.41, 5.74) is 87.8. The van der Waals surface area contributed by atoms with E-state index in [9.17, 15) is 67.4 Å². The van der Waals surface area contributed by atoms with Gasteiger partial charge in [0, 0.05) is 77.8 Å². The molecule has 55 nitrogen and oxygen atoms in total. The van der Waals surface area contributed by atoms with Gasteiger partial charge in [0.25, 0.3) is 0 Å². The number of carbonyl (C=O) groups is 13. The number of guanidine groups is 4. The predicted molar refractivity (Wildman–Crippen MR) is 463 cm³/mol. The number of Topliss-reactive ketones (excluding diaryl/α,β-unsaturated/α-hetero) is 3. The standard InChI is InChI=1S/C21H31N9O5.C18H32N10O5.C18H31N9O4.C18H30N8O5/c22-13(8-9-16(23)31)17-29-18(35-30-17)14(7-4-10-26-20(24)25)27-21(34)28-15(19(32)33)11-12-5-2-1-3-6-12;1-9(29)11(5-7-14(21)31)25-18(32)26-12(3-2-8-24-17(22)23)16-27-15(28-33-16)10(19)4-6-13(20)30;1-10(28)13-5-3-9-27(13)18(30)24-12(4-2-8-23-17(21)22)16-25-15(26-31-16)11(19)6-7-14(20)29;1-10(27)13-5-3-9-26(13)18(30)23-12(4-2-8-22-17(20)21)16-24-15(25-31-16)11(19)6-7-14(28)29/h1-3,5-6,13-15H,4,7-11,22H2,(H2,23,31)(H,32,33)(H4,24,25,26)(H2,27,28,34);10-12H,2-8,19H2,1H3,(H2,20,30)(H2,21,31)(H4,22,23,24)(H2,25,26,32);11-13H,2-9,19H2,1H3,(H2,20,29)(H,24,30)(H4,21,22,23);11-13H,2-9,19H2,1H3,(H,23,30)(H,28,29)(H4,20,21,22)/t13-,14-,15-;10-,11-,12-;2*11-,12-,13?/m0000/s1. The summed E-state index contributed by atoms with van der Waals surface area (Å²) >= 11 is 0. The van der Waals surface area contributed by atoms with E-state index in [4.69, 9.17) is 115 Å². The zero-order chi connectivity index (χ0) is 96.7. The molecule has 718 valence electrons. The van der Waals surface area contributed by atoms with Gasteiger partial charge in [0.05, 0.1) is 42.3 Å². The molecule has 0 radical (unpaired) electrons. The number of carboxylic acids is 2. The maximum absolute atomic E-state index is 12.8. The Bertz CT molecular complexity index is 4470. The molecule has 0 saturated carbocycles. The van der Waals surface area contributed by atoms with Gasteiger partial charge in [0.15, 0.2) is 64.5 Å². The van der Waals surface area contributed by atoms with E-state index < -0.39 is 126 Å². The molecule has 0 bridgehead atoms. The van der Waals surface area contributed by atoms with E-state index >= 15 is 0 Å². The maximum atomic E-state index is 12.8. The lowest BCUT2D eigenvalue weighted by molar-refractivity contribution is -0.139. The number of carboxylic acid groups (broad SMARTS) is 2. The Balaban J connectivity index is 0.000000363. The number of carbonyl (C=O) groups excluding carboxylic acids is 11. The number of nitrogens with zero attached hydrogens (tertiary/aromatic N) is 14. The summed E-state index contributed by atoms with van der Waals surface area (Å²) < 4.78 is 21.2. The van der Waals surface area contributed by atoms with Gasteiger partial charge in [-0.2, -0.15) is 19.9 Å². The summed E-state index contributed by atoms with van der Waals surface area (Å²) in [4.78, 5) is 188. The molecule has 55 heteroatoms. The lowest BCUT2D eigenvalue weighted by Crippen LogP contribution is -2.48. The van der Waals surface area contributed by atoms with Crippen molar-refractivity contribution in [2.75, 3.05) is 39.3 Å². The average molecular weight is 1830 g/mol. The molecule has 40 N–H and O–H groups in total. The Morgan fingerprint density at radius 2 is 0.692 bits per heavy atom. The van der Waals surface area contributed by atoms with Crippen LogP contribution in [-0.2, 0) is 49.6 Å². The number of benzene rings is 1. The van der Waals surface area contributed by atoms with Gasteiger partial charge in [-0.15, -0.1) is 0 Å². The van der Waals surface area contributed by atoms with Crippen LogP contribution in [0.1, 0.15) is 263 Å². The van der Waals surface area contributed by atoms with E-state index in [1.165, 1.54) is 30.6 Å². The SMILES string of the molecule is CC(=O)C1CCCN1C(=O)N[C@@H](CCCN=C(N)N)c1nc([C@@H](N)CCC(=O)O)no1.CC(=O)C1CCCN1C(=O)N[C@@H](CCCN=C(N)N)c1nc([C@@H](N)CCC(N)=O)no1.CC(=O)[C@H](CCC(N)=O)NC(=O)N[C@@H](CCCN=C(N)N)c1nc([C@@H](N)CCC(N)=O)no1.NC(=O)CC[C@H](N)c1noc([C@H](CCCN=C(N)N)NC(=O)N[C@@H](Cc2ccccc2)C(=O)O)n1. The van der Waals surface area contributed by atoms with Crippen LogP contribution in [0.2, 0.25) is 0 Å². The first kappa shape index (κ1) is 108. The van der Waals surface area contributed by atoms with Crippen molar-refractivity contribution in [1.29, 1.82) is 0 Å².